The van der Waals surface area contributed by atoms with E-state index in [-0.39, 0.29) is 0 Å². The molecule has 0 spiro atoms. The van der Waals surface area contributed by atoms with Gasteiger partial charge in [-0.3, -0.25) is 4.79 Å². The molecule has 1 amide bonds. The molecule has 0 saturated carbocycles. The molecule has 3 N–H and O–H groups in total. The van der Waals surface area contributed by atoms with Gasteiger partial charge in [0.05, 0.1) is 16.5 Å². The van der Waals surface area contributed by atoms with Crippen molar-refractivity contribution in [1.82, 2.24) is 9.97 Å². The number of carbonyl (C=O) groups is 2. The second-order valence-corrected chi connectivity index (χ2v) is 11.1. The summed E-state index contributed by atoms with van der Waals surface area (Å²) in [5.41, 5.74) is 9.80. The van der Waals surface area contributed by atoms with Gasteiger partial charge in [-0.05, 0) is 55.4 Å². The number of amides is 1. The molecule has 1 aliphatic heterocycles. The number of benzene rings is 2. The van der Waals surface area contributed by atoms with Crippen LogP contribution in [0.15, 0.2) is 54.7 Å². The van der Waals surface area contributed by atoms with Crippen LogP contribution in [0.1, 0.15) is 61.4 Å². The second kappa shape index (κ2) is 10.5. The van der Waals surface area contributed by atoms with Crippen molar-refractivity contribution in [2.75, 3.05) is 36.5 Å². The van der Waals surface area contributed by atoms with E-state index in [2.05, 4.69) is 59.9 Å². The number of carbonyl (C=O) groups excluding carboxylic acids is 2. The zero-order valence-electron chi connectivity index (χ0n) is 22.5. The molecule has 5 rings (SSSR count). The molecule has 3 heterocycles. The number of nitrogens with one attached hydrogen (secondary N) is 1. The Morgan fingerprint density at radius 3 is 2.68 bits per heavy atom. The largest absolute Gasteiger partial charge is 0.375 e. The number of rotatable bonds is 9. The molecule has 1 fully saturated rings. The topological polar surface area (TPSA) is 95.3 Å². The molecule has 2 aromatic carbocycles. The lowest BCUT2D eigenvalue weighted by Crippen LogP contribution is -2.45. The van der Waals surface area contributed by atoms with Crippen molar-refractivity contribution in [2.45, 2.75) is 45.4 Å². The van der Waals surface area contributed by atoms with Gasteiger partial charge >= 0.3 is 0 Å². The molecule has 7 nitrogen and oxygen atoms in total. The summed E-state index contributed by atoms with van der Waals surface area (Å²) in [6, 6.07) is 16.7. The fourth-order valence-corrected chi connectivity index (χ4v) is 5.87. The van der Waals surface area contributed by atoms with E-state index in [4.69, 9.17) is 10.7 Å². The lowest BCUT2D eigenvalue weighted by atomic mass is 9.77. The summed E-state index contributed by atoms with van der Waals surface area (Å²) < 4.78 is 0. The number of fused-ring (bicyclic) bond motifs is 3. The molecule has 0 aliphatic carbocycles. The number of aldehydes is 1. The van der Waals surface area contributed by atoms with E-state index in [1.54, 1.807) is 6.20 Å². The van der Waals surface area contributed by atoms with Crippen LogP contribution in [-0.4, -0.2) is 48.8 Å². The average Bonchev–Trinajstić information content (AvgIpc) is 3.32. The minimum absolute atomic E-state index is 0.378. The molecular weight excluding hydrogens is 474 g/mol. The number of pyridine rings is 1. The van der Waals surface area contributed by atoms with Crippen LogP contribution in [0, 0.1) is 5.41 Å². The van der Waals surface area contributed by atoms with E-state index in [1.807, 2.05) is 24.3 Å². The summed E-state index contributed by atoms with van der Waals surface area (Å²) >= 11 is 0. The van der Waals surface area contributed by atoms with Crippen molar-refractivity contribution in [3.63, 3.8) is 0 Å². The third-order valence-corrected chi connectivity index (χ3v) is 8.11. The number of anilines is 2. The van der Waals surface area contributed by atoms with Crippen molar-refractivity contribution in [3.05, 3.63) is 65.9 Å². The van der Waals surface area contributed by atoms with E-state index in [0.717, 1.165) is 60.9 Å². The SMILES string of the molecule is CC(C)c1ccc(N(C)CCCC2(C=O)CCCN(c3ncc(C(N)=O)c4[nH]c5ccccc5c34)C2)cc1. The number of hydrogen-bond donors (Lipinski definition) is 2. The number of nitrogens with two attached hydrogens (primary N) is 1. The Morgan fingerprint density at radius 2 is 1.97 bits per heavy atom. The lowest BCUT2D eigenvalue weighted by Gasteiger charge is -2.40. The van der Waals surface area contributed by atoms with Gasteiger partial charge in [-0.2, -0.15) is 0 Å². The molecule has 4 aromatic rings. The Morgan fingerprint density at radius 1 is 1.21 bits per heavy atom. The zero-order chi connectivity index (χ0) is 26.9. The molecule has 38 heavy (non-hydrogen) atoms. The number of nitrogens with zero attached hydrogens (tertiary/aromatic N) is 3. The molecule has 7 heteroatoms. The molecule has 1 unspecified atom stereocenters. The van der Waals surface area contributed by atoms with Crippen LogP contribution in [0.4, 0.5) is 11.5 Å². The van der Waals surface area contributed by atoms with E-state index >= 15 is 0 Å². The average molecular weight is 512 g/mol. The standard InChI is InChI=1S/C31H37N5O2/c1-21(2)22-10-12-23(13-11-22)35(3)16-6-14-31(20-37)15-7-17-36(19-31)30-27-24-8-4-5-9-26(24)34-28(27)25(18-33-30)29(32)38/h4-5,8-13,18,20-21,34H,6-7,14-17,19H2,1-3H3,(H2,32,38). The molecule has 2 aromatic heterocycles. The number of H-pyrrole nitrogens is 1. The monoisotopic (exact) mass is 511 g/mol. The minimum atomic E-state index is -0.510. The summed E-state index contributed by atoms with van der Waals surface area (Å²) in [7, 11) is 2.11. The molecule has 1 saturated heterocycles. The van der Waals surface area contributed by atoms with Gasteiger partial charge in [-0.1, -0.05) is 44.2 Å². The van der Waals surface area contributed by atoms with E-state index < -0.39 is 11.3 Å². The van der Waals surface area contributed by atoms with Crippen LogP contribution < -0.4 is 15.5 Å². The van der Waals surface area contributed by atoms with Crippen molar-refractivity contribution in [2.24, 2.45) is 11.1 Å². The van der Waals surface area contributed by atoms with Gasteiger partial charge in [0.1, 0.15) is 12.1 Å². The number of aromatic nitrogens is 2. The third kappa shape index (κ3) is 4.85. The van der Waals surface area contributed by atoms with Gasteiger partial charge in [0, 0.05) is 54.9 Å². The molecule has 198 valence electrons. The van der Waals surface area contributed by atoms with Gasteiger partial charge in [-0.15, -0.1) is 0 Å². The maximum Gasteiger partial charge on any atom is 0.252 e. The van der Waals surface area contributed by atoms with Crippen LogP contribution >= 0.6 is 0 Å². The quantitative estimate of drug-likeness (QED) is 0.284. The third-order valence-electron chi connectivity index (χ3n) is 8.11. The maximum atomic E-state index is 12.5. The summed E-state index contributed by atoms with van der Waals surface area (Å²) in [4.78, 5) is 37.3. The molecular formula is C31H37N5O2. The number of primary amides is 1. The maximum absolute atomic E-state index is 12.5. The van der Waals surface area contributed by atoms with E-state index in [9.17, 15) is 9.59 Å². The summed E-state index contributed by atoms with van der Waals surface area (Å²) in [5.74, 6) is 0.809. The fourth-order valence-electron chi connectivity index (χ4n) is 5.87. The number of piperidine rings is 1. The van der Waals surface area contributed by atoms with Crippen molar-refractivity contribution < 1.29 is 9.59 Å². The lowest BCUT2D eigenvalue weighted by molar-refractivity contribution is -0.117. The first-order chi connectivity index (χ1) is 18.3. The van der Waals surface area contributed by atoms with Crippen molar-refractivity contribution in [3.8, 4) is 0 Å². The number of hydrogen-bond acceptors (Lipinski definition) is 5. The Bertz CT molecular complexity index is 1460. The first-order valence-electron chi connectivity index (χ1n) is 13.5. The Hall–Kier alpha value is -3.87. The number of aromatic amines is 1. The fraction of sp³-hybridized carbons (Fsp3) is 0.387. The highest BCUT2D eigenvalue weighted by Gasteiger charge is 2.36. The normalized spacial score (nSPS) is 17.8. The first-order valence-corrected chi connectivity index (χ1v) is 13.5. The first kappa shape index (κ1) is 25.8. The number of para-hydroxylation sites is 1. The predicted octanol–water partition coefficient (Wildman–Crippen LogP) is 5.64. The van der Waals surface area contributed by atoms with Crippen molar-refractivity contribution in [1.29, 1.82) is 0 Å². The van der Waals surface area contributed by atoms with E-state index in [1.165, 1.54) is 17.5 Å². The van der Waals surface area contributed by atoms with E-state index in [0.29, 0.717) is 23.5 Å². The van der Waals surface area contributed by atoms with Crippen molar-refractivity contribution >= 4 is 45.5 Å². The predicted molar refractivity (Wildman–Crippen MR) is 155 cm³/mol. The molecule has 0 radical (unpaired) electrons. The van der Waals surface area contributed by atoms with Crippen LogP contribution in [0.2, 0.25) is 0 Å². The highest BCUT2D eigenvalue weighted by atomic mass is 16.1. The van der Waals surface area contributed by atoms with Gasteiger partial charge in [-0.25, -0.2) is 4.98 Å². The Kier molecular flexibility index (Phi) is 7.11. The van der Waals surface area contributed by atoms with Gasteiger partial charge in [0.15, 0.2) is 0 Å². The van der Waals surface area contributed by atoms with Gasteiger partial charge in [0.2, 0.25) is 0 Å². The summed E-state index contributed by atoms with van der Waals surface area (Å²) in [6.07, 6.45) is 6.25. The molecule has 0 bridgehead atoms. The Labute approximate surface area is 224 Å². The highest BCUT2D eigenvalue weighted by Crippen LogP contribution is 2.39. The van der Waals surface area contributed by atoms with Gasteiger partial charge < -0.3 is 25.3 Å². The Balaban J connectivity index is 1.36. The second-order valence-electron chi connectivity index (χ2n) is 11.1. The van der Waals surface area contributed by atoms with Gasteiger partial charge in [0.25, 0.3) is 5.91 Å². The minimum Gasteiger partial charge on any atom is -0.375 e. The zero-order valence-corrected chi connectivity index (χ0v) is 22.5. The molecule has 1 atom stereocenters. The molecule has 1 aliphatic rings. The smallest absolute Gasteiger partial charge is 0.252 e. The highest BCUT2D eigenvalue weighted by molar-refractivity contribution is 6.18. The summed E-state index contributed by atoms with van der Waals surface area (Å²) in [6.45, 7) is 6.72. The summed E-state index contributed by atoms with van der Waals surface area (Å²) in [5, 5.41) is 1.89. The van der Waals surface area contributed by atoms with Crippen LogP contribution in [0.5, 0.6) is 0 Å². The van der Waals surface area contributed by atoms with Crippen LogP contribution in [0.3, 0.4) is 0 Å². The van der Waals surface area contributed by atoms with Crippen LogP contribution in [-0.2, 0) is 4.79 Å². The van der Waals surface area contributed by atoms with Crippen LogP contribution in [0.25, 0.3) is 21.8 Å².